The van der Waals surface area contributed by atoms with E-state index in [0.29, 0.717) is 28.8 Å². The number of nitrogens with one attached hydrogen (secondary N) is 1. The Bertz CT molecular complexity index is 842. The fourth-order valence-corrected chi connectivity index (χ4v) is 5.42. The summed E-state index contributed by atoms with van der Waals surface area (Å²) in [7, 11) is -3.55. The Morgan fingerprint density at radius 3 is 2.56 bits per heavy atom. The highest BCUT2D eigenvalue weighted by Gasteiger charge is 2.27. The molecule has 1 aliphatic rings. The van der Waals surface area contributed by atoms with Gasteiger partial charge in [0.15, 0.2) is 0 Å². The van der Waals surface area contributed by atoms with Crippen molar-refractivity contribution in [3.63, 3.8) is 0 Å². The molecule has 3 heterocycles. The highest BCUT2D eigenvalue weighted by Crippen LogP contribution is 2.25. The molecule has 2 aromatic heterocycles. The highest BCUT2D eigenvalue weighted by atomic mass is 35.5. The third-order valence-electron chi connectivity index (χ3n) is 3.97. The lowest BCUT2D eigenvalue weighted by atomic mass is 10.2. The average molecular weight is 400 g/mol. The van der Waals surface area contributed by atoms with Crippen LogP contribution in [-0.2, 0) is 10.0 Å². The highest BCUT2D eigenvalue weighted by molar-refractivity contribution is 7.89. The summed E-state index contributed by atoms with van der Waals surface area (Å²) in [5.74, 6) is -0.0307. The molecule has 0 spiro atoms. The minimum absolute atomic E-state index is 0.175. The Hall–Kier alpha value is -1.48. The topological polar surface area (TPSA) is 79.4 Å². The molecule has 0 aliphatic carbocycles. The van der Waals surface area contributed by atoms with E-state index in [1.54, 1.807) is 12.1 Å². The molecule has 6 nitrogen and oxygen atoms in total. The van der Waals surface area contributed by atoms with Crippen LogP contribution in [0.5, 0.6) is 0 Å². The maximum Gasteiger partial charge on any atom is 0.266 e. The number of hydrogen-bond acceptors (Lipinski definition) is 5. The first-order chi connectivity index (χ1) is 12.0. The Morgan fingerprint density at radius 1 is 1.20 bits per heavy atom. The second-order valence-electron chi connectivity index (χ2n) is 5.78. The van der Waals surface area contributed by atoms with E-state index in [4.69, 9.17) is 11.6 Å². The number of pyridine rings is 1. The van der Waals surface area contributed by atoms with Crippen molar-refractivity contribution < 1.29 is 13.2 Å². The van der Waals surface area contributed by atoms with E-state index in [2.05, 4.69) is 10.3 Å². The fraction of sp³-hybridized carbons (Fsp3) is 0.375. The van der Waals surface area contributed by atoms with Gasteiger partial charge in [-0.2, -0.15) is 4.31 Å². The van der Waals surface area contributed by atoms with E-state index in [9.17, 15) is 13.2 Å². The quantitative estimate of drug-likeness (QED) is 0.851. The maximum absolute atomic E-state index is 12.7. The summed E-state index contributed by atoms with van der Waals surface area (Å²) in [6, 6.07) is 4.63. The summed E-state index contributed by atoms with van der Waals surface area (Å²) < 4.78 is 27.0. The average Bonchev–Trinajstić information content (AvgIpc) is 2.93. The molecule has 9 heteroatoms. The monoisotopic (exact) mass is 399 g/mol. The summed E-state index contributed by atoms with van der Waals surface area (Å²) >= 11 is 6.86. The summed E-state index contributed by atoms with van der Waals surface area (Å²) in [4.78, 5) is 16.8. The molecule has 0 atom stereocenters. The number of halogens is 1. The summed E-state index contributed by atoms with van der Waals surface area (Å²) in [6.45, 7) is 1.07. The molecule has 3 rings (SSSR count). The Morgan fingerprint density at radius 2 is 1.92 bits per heavy atom. The van der Waals surface area contributed by atoms with E-state index >= 15 is 0 Å². The number of aromatic nitrogens is 1. The van der Waals surface area contributed by atoms with Crippen LogP contribution in [-0.4, -0.2) is 36.7 Å². The maximum atomic E-state index is 12.7. The molecule has 0 bridgehead atoms. The first-order valence-electron chi connectivity index (χ1n) is 7.98. The van der Waals surface area contributed by atoms with Crippen LogP contribution in [0.15, 0.2) is 34.7 Å². The van der Waals surface area contributed by atoms with Gasteiger partial charge in [-0.25, -0.2) is 13.4 Å². The van der Waals surface area contributed by atoms with Crippen molar-refractivity contribution in [3.05, 3.63) is 39.7 Å². The van der Waals surface area contributed by atoms with Gasteiger partial charge in [-0.3, -0.25) is 4.79 Å². The zero-order chi connectivity index (χ0) is 17.9. The Balaban J connectivity index is 1.74. The summed E-state index contributed by atoms with van der Waals surface area (Å²) in [6.07, 6.45) is 5.29. The number of hydrogen-bond donors (Lipinski definition) is 1. The zero-order valence-electron chi connectivity index (χ0n) is 13.4. The van der Waals surface area contributed by atoms with Crippen LogP contribution < -0.4 is 5.32 Å². The van der Waals surface area contributed by atoms with Gasteiger partial charge in [0.1, 0.15) is 5.82 Å². The third-order valence-corrected chi connectivity index (χ3v) is 7.15. The molecule has 1 saturated heterocycles. The molecule has 1 N–H and O–H groups in total. The lowest BCUT2D eigenvalue weighted by Crippen LogP contribution is -2.31. The van der Waals surface area contributed by atoms with Crippen LogP contribution in [0.1, 0.15) is 35.4 Å². The van der Waals surface area contributed by atoms with Gasteiger partial charge in [0.05, 0.1) is 14.8 Å². The van der Waals surface area contributed by atoms with Gasteiger partial charge in [0.25, 0.3) is 5.91 Å². The molecule has 0 aromatic carbocycles. The predicted octanol–water partition coefficient (Wildman–Crippen LogP) is 3.61. The van der Waals surface area contributed by atoms with Crippen LogP contribution in [0, 0.1) is 0 Å². The number of anilines is 1. The number of rotatable bonds is 4. The molecular weight excluding hydrogens is 382 g/mol. The van der Waals surface area contributed by atoms with E-state index in [1.807, 2.05) is 0 Å². The van der Waals surface area contributed by atoms with Gasteiger partial charge in [-0.05, 0) is 31.0 Å². The van der Waals surface area contributed by atoms with Gasteiger partial charge >= 0.3 is 0 Å². The van der Waals surface area contributed by atoms with Gasteiger partial charge in [0.2, 0.25) is 10.0 Å². The normalized spacial score (nSPS) is 16.4. The molecular formula is C16H18ClN3O3S2. The minimum Gasteiger partial charge on any atom is -0.306 e. The van der Waals surface area contributed by atoms with E-state index in [0.717, 1.165) is 37.0 Å². The van der Waals surface area contributed by atoms with E-state index < -0.39 is 15.9 Å². The SMILES string of the molecule is O=C(Nc1ccc(Cl)cn1)c1cc(S(=O)(=O)N2CCCCCC2)cs1. The van der Waals surface area contributed by atoms with Crippen LogP contribution >= 0.6 is 22.9 Å². The lowest BCUT2D eigenvalue weighted by Gasteiger charge is -2.18. The zero-order valence-corrected chi connectivity index (χ0v) is 15.8. The van der Waals surface area contributed by atoms with E-state index in [1.165, 1.54) is 21.9 Å². The second kappa shape index (κ2) is 7.82. The lowest BCUT2D eigenvalue weighted by molar-refractivity contribution is 0.103. The molecule has 0 unspecified atom stereocenters. The Kier molecular flexibility index (Phi) is 5.73. The van der Waals surface area contributed by atoms with Gasteiger partial charge in [0, 0.05) is 24.7 Å². The first-order valence-corrected chi connectivity index (χ1v) is 10.7. The molecule has 1 fully saturated rings. The van der Waals surface area contributed by atoms with Crippen LogP contribution in [0.25, 0.3) is 0 Å². The molecule has 1 aliphatic heterocycles. The van der Waals surface area contributed by atoms with Gasteiger partial charge in [-0.1, -0.05) is 24.4 Å². The van der Waals surface area contributed by atoms with Crippen LogP contribution in [0.4, 0.5) is 5.82 Å². The molecule has 134 valence electrons. The number of carbonyl (C=O) groups is 1. The molecule has 0 radical (unpaired) electrons. The van der Waals surface area contributed by atoms with Crippen molar-refractivity contribution in [1.82, 2.24) is 9.29 Å². The predicted molar refractivity (Wildman–Crippen MR) is 98.7 cm³/mol. The first kappa shape index (κ1) is 18.3. The number of sulfonamides is 1. The fourth-order valence-electron chi connectivity index (χ4n) is 2.63. The number of thiophene rings is 1. The number of nitrogens with zero attached hydrogens (tertiary/aromatic N) is 2. The molecule has 0 saturated carbocycles. The van der Waals surface area contributed by atoms with Crippen molar-refractivity contribution in [1.29, 1.82) is 0 Å². The third kappa shape index (κ3) is 4.38. The Labute approximate surface area is 155 Å². The smallest absolute Gasteiger partial charge is 0.266 e. The largest absolute Gasteiger partial charge is 0.306 e. The molecule has 1 amide bonds. The van der Waals surface area contributed by atoms with E-state index in [-0.39, 0.29) is 4.90 Å². The number of carbonyl (C=O) groups excluding carboxylic acids is 1. The summed E-state index contributed by atoms with van der Waals surface area (Å²) in [5.41, 5.74) is 0. The number of amides is 1. The second-order valence-corrected chi connectivity index (χ2v) is 9.07. The standard InChI is InChI=1S/C16H18ClN3O3S2/c17-12-5-6-15(18-10-12)19-16(21)14-9-13(11-24-14)25(22,23)20-7-3-1-2-4-8-20/h5-6,9-11H,1-4,7-8H2,(H,18,19,21). The van der Waals surface area contributed by atoms with Crippen LogP contribution in [0.2, 0.25) is 5.02 Å². The van der Waals surface area contributed by atoms with Crippen molar-refractivity contribution >= 4 is 44.7 Å². The molecule has 2 aromatic rings. The van der Waals surface area contributed by atoms with Crippen molar-refractivity contribution in [3.8, 4) is 0 Å². The van der Waals surface area contributed by atoms with Gasteiger partial charge < -0.3 is 5.32 Å². The van der Waals surface area contributed by atoms with Crippen molar-refractivity contribution in [2.24, 2.45) is 0 Å². The van der Waals surface area contributed by atoms with Crippen molar-refractivity contribution in [2.75, 3.05) is 18.4 Å². The van der Waals surface area contributed by atoms with Crippen LogP contribution in [0.3, 0.4) is 0 Å². The van der Waals surface area contributed by atoms with Crippen molar-refractivity contribution in [2.45, 2.75) is 30.6 Å². The van der Waals surface area contributed by atoms with Gasteiger partial charge in [-0.15, -0.1) is 11.3 Å². The molecule has 25 heavy (non-hydrogen) atoms. The summed E-state index contributed by atoms with van der Waals surface area (Å²) in [5, 5.41) is 4.62. The minimum atomic E-state index is -3.55.